The molecule has 2 heterocycles. The monoisotopic (exact) mass is 516 g/mol. The summed E-state index contributed by atoms with van der Waals surface area (Å²) in [5.74, 6) is 0.677. The van der Waals surface area contributed by atoms with E-state index < -0.39 is 0 Å². The lowest BCUT2D eigenvalue weighted by Crippen LogP contribution is -2.22. The molecule has 0 aliphatic heterocycles. The van der Waals surface area contributed by atoms with Crippen LogP contribution >= 0.6 is 0 Å². The minimum atomic E-state index is 0.00790. The molecule has 0 radical (unpaired) electrons. The predicted octanol–water partition coefficient (Wildman–Crippen LogP) is 9.95. The van der Waals surface area contributed by atoms with E-state index in [0.717, 1.165) is 62.5 Å². The lowest BCUT2D eigenvalue weighted by Gasteiger charge is -2.29. The van der Waals surface area contributed by atoms with Crippen LogP contribution < -0.4 is 0 Å². The van der Waals surface area contributed by atoms with E-state index in [2.05, 4.69) is 105 Å². The second-order valence-corrected chi connectivity index (χ2v) is 10.8. The van der Waals surface area contributed by atoms with E-state index in [1.165, 1.54) is 22.3 Å². The third-order valence-corrected chi connectivity index (χ3v) is 8.98. The van der Waals surface area contributed by atoms with Gasteiger partial charge in [-0.25, -0.2) is 9.97 Å². The molecule has 192 valence electrons. The van der Waals surface area contributed by atoms with Gasteiger partial charge >= 0.3 is 0 Å². The Labute approximate surface area is 233 Å². The standard InChI is InChI=1S/C37H28N2O/c1-3-37(4-2)30-19-10-8-15-24(30)28-21-29-25-17-12-18-27(35(25)40-33(29)22-31(28)37)36-38-32-20-11-9-16-26(32)34(39-36)23-13-6-5-7-14-23/h5-22H,3-4H2,1-2H3. The Kier molecular flexibility index (Phi) is 4.99. The molecule has 0 N–H and O–H groups in total. The highest BCUT2D eigenvalue weighted by atomic mass is 16.3. The molecule has 0 bridgehead atoms. The Balaban J connectivity index is 1.39. The first-order valence-corrected chi connectivity index (χ1v) is 14.1. The maximum Gasteiger partial charge on any atom is 0.164 e. The van der Waals surface area contributed by atoms with Gasteiger partial charge in [-0.2, -0.15) is 0 Å². The first kappa shape index (κ1) is 23.2. The second kappa shape index (κ2) is 8.62. The summed E-state index contributed by atoms with van der Waals surface area (Å²) in [6.45, 7) is 4.61. The Morgan fingerprint density at radius 2 is 1.32 bits per heavy atom. The van der Waals surface area contributed by atoms with Gasteiger partial charge in [0.15, 0.2) is 5.82 Å². The third-order valence-electron chi connectivity index (χ3n) is 8.98. The van der Waals surface area contributed by atoms with Crippen molar-refractivity contribution >= 4 is 32.8 Å². The minimum Gasteiger partial charge on any atom is -0.455 e. The second-order valence-electron chi connectivity index (χ2n) is 10.8. The Morgan fingerprint density at radius 3 is 2.17 bits per heavy atom. The molecular formula is C37H28N2O. The van der Waals surface area contributed by atoms with Crippen LogP contribution in [-0.2, 0) is 5.41 Å². The average molecular weight is 517 g/mol. The van der Waals surface area contributed by atoms with E-state index in [9.17, 15) is 0 Å². The van der Waals surface area contributed by atoms with Gasteiger partial charge in [0.2, 0.25) is 0 Å². The van der Waals surface area contributed by atoms with Crippen molar-refractivity contribution in [3.8, 4) is 33.8 Å². The number of furan rings is 1. The van der Waals surface area contributed by atoms with E-state index in [0.29, 0.717) is 5.82 Å². The van der Waals surface area contributed by atoms with Crippen LogP contribution in [0.4, 0.5) is 0 Å². The fourth-order valence-corrected chi connectivity index (χ4v) is 6.94. The zero-order valence-corrected chi connectivity index (χ0v) is 22.6. The molecule has 2 aromatic heterocycles. The zero-order chi connectivity index (χ0) is 26.8. The summed E-state index contributed by atoms with van der Waals surface area (Å²) in [6.07, 6.45) is 2.11. The van der Waals surface area contributed by atoms with Crippen LogP contribution in [-0.4, -0.2) is 9.97 Å². The molecule has 0 spiro atoms. The number of benzene rings is 5. The topological polar surface area (TPSA) is 38.9 Å². The zero-order valence-electron chi connectivity index (χ0n) is 22.6. The lowest BCUT2D eigenvalue weighted by molar-refractivity contribution is 0.490. The number of para-hydroxylation sites is 2. The van der Waals surface area contributed by atoms with Crippen LogP contribution in [0.15, 0.2) is 114 Å². The molecule has 8 rings (SSSR count). The first-order valence-electron chi connectivity index (χ1n) is 14.1. The fourth-order valence-electron chi connectivity index (χ4n) is 6.94. The molecule has 0 atom stereocenters. The van der Waals surface area contributed by atoms with Crippen molar-refractivity contribution in [2.45, 2.75) is 32.1 Å². The molecule has 0 unspecified atom stereocenters. The lowest BCUT2D eigenvalue weighted by atomic mass is 9.74. The van der Waals surface area contributed by atoms with E-state index in [1.54, 1.807) is 0 Å². The van der Waals surface area contributed by atoms with E-state index in [1.807, 2.05) is 18.2 Å². The number of fused-ring (bicyclic) bond motifs is 7. The van der Waals surface area contributed by atoms with Gasteiger partial charge in [-0.1, -0.05) is 98.8 Å². The summed E-state index contributed by atoms with van der Waals surface area (Å²) >= 11 is 0. The number of aromatic nitrogens is 2. The van der Waals surface area contributed by atoms with Crippen LogP contribution in [0.1, 0.15) is 37.8 Å². The summed E-state index contributed by atoms with van der Waals surface area (Å²) in [6, 6.07) is 38.5. The molecule has 0 fully saturated rings. The molecule has 3 heteroatoms. The van der Waals surface area contributed by atoms with Crippen molar-refractivity contribution in [1.82, 2.24) is 9.97 Å². The van der Waals surface area contributed by atoms with Crippen LogP contribution in [0.3, 0.4) is 0 Å². The molecule has 1 aliphatic carbocycles. The normalized spacial score (nSPS) is 13.7. The van der Waals surface area contributed by atoms with Crippen molar-refractivity contribution < 1.29 is 4.42 Å². The largest absolute Gasteiger partial charge is 0.455 e. The van der Waals surface area contributed by atoms with E-state index >= 15 is 0 Å². The van der Waals surface area contributed by atoms with E-state index in [4.69, 9.17) is 14.4 Å². The smallest absolute Gasteiger partial charge is 0.164 e. The van der Waals surface area contributed by atoms with Crippen LogP contribution in [0.2, 0.25) is 0 Å². The van der Waals surface area contributed by atoms with Gasteiger partial charge in [-0.15, -0.1) is 0 Å². The SMILES string of the molecule is CCC1(CC)c2ccccc2-c2cc3c(cc21)oc1c(-c2nc(-c4ccccc4)c4ccccc4n2)cccc13. The molecule has 0 saturated carbocycles. The highest BCUT2D eigenvalue weighted by Crippen LogP contribution is 2.54. The van der Waals surface area contributed by atoms with Crippen molar-refractivity contribution in [2.75, 3.05) is 0 Å². The molecule has 7 aromatic rings. The van der Waals surface area contributed by atoms with Crippen molar-refractivity contribution in [2.24, 2.45) is 0 Å². The van der Waals surface area contributed by atoms with Crippen molar-refractivity contribution in [3.05, 3.63) is 120 Å². The maximum absolute atomic E-state index is 6.72. The number of nitrogens with zero attached hydrogens (tertiary/aromatic N) is 2. The van der Waals surface area contributed by atoms with Crippen LogP contribution in [0, 0.1) is 0 Å². The van der Waals surface area contributed by atoms with Gasteiger partial charge in [0, 0.05) is 27.1 Å². The van der Waals surface area contributed by atoms with Gasteiger partial charge in [0.05, 0.1) is 16.8 Å². The quantitative estimate of drug-likeness (QED) is 0.234. The Morgan fingerprint density at radius 1 is 0.600 bits per heavy atom. The highest BCUT2D eigenvalue weighted by molar-refractivity contribution is 6.11. The molecule has 0 amide bonds. The van der Waals surface area contributed by atoms with Gasteiger partial charge in [-0.3, -0.25) is 0 Å². The summed E-state index contributed by atoms with van der Waals surface area (Å²) in [4.78, 5) is 10.2. The van der Waals surface area contributed by atoms with Gasteiger partial charge in [-0.05, 0) is 59.4 Å². The molecule has 5 aromatic carbocycles. The summed E-state index contributed by atoms with van der Waals surface area (Å²) in [5.41, 5.74) is 11.1. The average Bonchev–Trinajstić information content (AvgIpc) is 3.52. The number of hydrogen-bond donors (Lipinski definition) is 0. The van der Waals surface area contributed by atoms with Crippen molar-refractivity contribution in [3.63, 3.8) is 0 Å². The number of rotatable bonds is 4. The van der Waals surface area contributed by atoms with E-state index in [-0.39, 0.29) is 5.41 Å². The molecule has 3 nitrogen and oxygen atoms in total. The Hall–Kier alpha value is -4.76. The van der Waals surface area contributed by atoms with Gasteiger partial charge < -0.3 is 4.42 Å². The van der Waals surface area contributed by atoms with Crippen LogP contribution in [0.5, 0.6) is 0 Å². The van der Waals surface area contributed by atoms with Crippen LogP contribution in [0.25, 0.3) is 66.6 Å². The van der Waals surface area contributed by atoms with Gasteiger partial charge in [0.1, 0.15) is 11.2 Å². The number of hydrogen-bond acceptors (Lipinski definition) is 3. The third kappa shape index (κ3) is 3.12. The predicted molar refractivity (Wildman–Crippen MR) is 164 cm³/mol. The maximum atomic E-state index is 6.72. The molecule has 40 heavy (non-hydrogen) atoms. The Bertz CT molecular complexity index is 2080. The minimum absolute atomic E-state index is 0.00790. The summed E-state index contributed by atoms with van der Waals surface area (Å²) in [5, 5.41) is 3.27. The highest BCUT2D eigenvalue weighted by Gasteiger charge is 2.41. The first-order chi connectivity index (χ1) is 19.7. The fraction of sp³-hybridized carbons (Fsp3) is 0.135. The summed E-state index contributed by atoms with van der Waals surface area (Å²) in [7, 11) is 0. The van der Waals surface area contributed by atoms with Gasteiger partial charge in [0.25, 0.3) is 0 Å². The van der Waals surface area contributed by atoms with Crippen molar-refractivity contribution in [1.29, 1.82) is 0 Å². The molecule has 0 saturated heterocycles. The molecular weight excluding hydrogens is 488 g/mol. The summed E-state index contributed by atoms with van der Waals surface area (Å²) < 4.78 is 6.72. The molecule has 1 aliphatic rings.